The average molecular weight is 548 g/mol. The summed E-state index contributed by atoms with van der Waals surface area (Å²) in [5.74, 6) is 0.930. The van der Waals surface area contributed by atoms with Crippen LogP contribution >= 0.6 is 22.6 Å². The number of benzene rings is 3. The molecule has 0 aromatic heterocycles. The summed E-state index contributed by atoms with van der Waals surface area (Å²) in [4.78, 5) is 12.3. The number of nitrogens with zero attached hydrogens (tertiary/aromatic N) is 1. The second kappa shape index (κ2) is 11.5. The first-order chi connectivity index (χ1) is 15.5. The van der Waals surface area contributed by atoms with Gasteiger partial charge < -0.3 is 14.2 Å². The zero-order chi connectivity index (χ0) is 22.9. The standard InChI is InChI=1S/C24H22FIN2O4/c1-3-31-23-12-16(8-11-21(23)32-15-18-6-4-5-7-19(18)25)14-27-28-24(29)17-9-10-20(26)22(13-17)30-2/h4-14H,3,15H2,1-2H3,(H,28,29)/b27-14-. The Morgan fingerprint density at radius 3 is 2.62 bits per heavy atom. The minimum absolute atomic E-state index is 0.0791. The molecule has 1 N–H and O–H groups in total. The molecule has 0 fully saturated rings. The zero-order valence-electron chi connectivity index (χ0n) is 17.6. The minimum Gasteiger partial charge on any atom is -0.496 e. The third-order valence-electron chi connectivity index (χ3n) is 4.40. The normalized spacial score (nSPS) is 10.8. The third-order valence-corrected chi connectivity index (χ3v) is 5.29. The Balaban J connectivity index is 1.67. The molecule has 3 aromatic carbocycles. The van der Waals surface area contributed by atoms with Gasteiger partial charge in [-0.25, -0.2) is 9.82 Å². The average Bonchev–Trinajstić information content (AvgIpc) is 2.80. The van der Waals surface area contributed by atoms with Crippen molar-refractivity contribution in [2.45, 2.75) is 13.5 Å². The first-order valence-electron chi connectivity index (χ1n) is 9.81. The van der Waals surface area contributed by atoms with E-state index < -0.39 is 0 Å². The molecule has 166 valence electrons. The molecule has 0 unspecified atom stereocenters. The molecule has 8 heteroatoms. The van der Waals surface area contributed by atoms with Crippen LogP contribution in [0.3, 0.4) is 0 Å². The summed E-state index contributed by atoms with van der Waals surface area (Å²) in [5, 5.41) is 4.02. The second-order valence-corrected chi connectivity index (χ2v) is 7.73. The van der Waals surface area contributed by atoms with Crippen molar-refractivity contribution in [3.63, 3.8) is 0 Å². The van der Waals surface area contributed by atoms with Crippen LogP contribution in [-0.4, -0.2) is 25.8 Å². The monoisotopic (exact) mass is 548 g/mol. The highest BCUT2D eigenvalue weighted by Gasteiger charge is 2.10. The maximum atomic E-state index is 13.8. The lowest BCUT2D eigenvalue weighted by Gasteiger charge is -2.13. The molecular formula is C24H22FIN2O4. The first kappa shape index (κ1) is 23.5. The lowest BCUT2D eigenvalue weighted by Crippen LogP contribution is -2.17. The van der Waals surface area contributed by atoms with E-state index in [9.17, 15) is 9.18 Å². The smallest absolute Gasteiger partial charge is 0.271 e. The maximum absolute atomic E-state index is 13.8. The Morgan fingerprint density at radius 2 is 1.88 bits per heavy atom. The molecule has 0 aliphatic heterocycles. The summed E-state index contributed by atoms with van der Waals surface area (Å²) in [6.45, 7) is 2.37. The summed E-state index contributed by atoms with van der Waals surface area (Å²) in [5.41, 5.74) is 4.09. The molecule has 0 bridgehead atoms. The second-order valence-electron chi connectivity index (χ2n) is 6.57. The van der Waals surface area contributed by atoms with Gasteiger partial charge in [0, 0.05) is 11.1 Å². The molecule has 6 nitrogen and oxygen atoms in total. The Hall–Kier alpha value is -3.14. The van der Waals surface area contributed by atoms with Gasteiger partial charge in [0.25, 0.3) is 5.91 Å². The highest BCUT2D eigenvalue weighted by Crippen LogP contribution is 2.29. The number of nitrogens with one attached hydrogen (secondary N) is 1. The molecule has 32 heavy (non-hydrogen) atoms. The van der Waals surface area contributed by atoms with Crippen molar-refractivity contribution in [3.8, 4) is 17.2 Å². The van der Waals surface area contributed by atoms with Gasteiger partial charge in [-0.15, -0.1) is 0 Å². The topological polar surface area (TPSA) is 69.2 Å². The van der Waals surface area contributed by atoms with Crippen LogP contribution in [0.25, 0.3) is 0 Å². The highest BCUT2D eigenvalue weighted by atomic mass is 127. The van der Waals surface area contributed by atoms with Crippen molar-refractivity contribution >= 4 is 34.7 Å². The van der Waals surface area contributed by atoms with Crippen LogP contribution in [0, 0.1) is 9.39 Å². The van der Waals surface area contributed by atoms with E-state index in [1.165, 1.54) is 12.3 Å². The van der Waals surface area contributed by atoms with Crippen LogP contribution in [0.15, 0.2) is 65.8 Å². The number of methoxy groups -OCH3 is 1. The van der Waals surface area contributed by atoms with Crippen molar-refractivity contribution in [3.05, 3.63) is 86.7 Å². The van der Waals surface area contributed by atoms with Gasteiger partial charge in [0.05, 0.1) is 23.5 Å². The van der Waals surface area contributed by atoms with E-state index in [-0.39, 0.29) is 18.3 Å². The lowest BCUT2D eigenvalue weighted by molar-refractivity contribution is 0.0954. The molecule has 0 saturated carbocycles. The van der Waals surface area contributed by atoms with Crippen LogP contribution in [0.1, 0.15) is 28.4 Å². The Bertz CT molecular complexity index is 1120. The van der Waals surface area contributed by atoms with Crippen LogP contribution in [0.4, 0.5) is 4.39 Å². The van der Waals surface area contributed by atoms with Gasteiger partial charge in [-0.2, -0.15) is 5.10 Å². The summed E-state index contributed by atoms with van der Waals surface area (Å²) < 4.78 is 31.4. The zero-order valence-corrected chi connectivity index (χ0v) is 19.8. The van der Waals surface area contributed by atoms with Crippen molar-refractivity contribution in [2.24, 2.45) is 5.10 Å². The fourth-order valence-electron chi connectivity index (χ4n) is 2.79. The number of carbonyl (C=O) groups is 1. The molecule has 1 amide bonds. The lowest BCUT2D eigenvalue weighted by atomic mass is 10.2. The SMILES string of the molecule is CCOc1cc(/C=N\NC(=O)c2ccc(I)c(OC)c2)ccc1OCc1ccccc1F. The van der Waals surface area contributed by atoms with Gasteiger partial charge >= 0.3 is 0 Å². The van der Waals surface area contributed by atoms with Gasteiger partial charge in [0.2, 0.25) is 0 Å². The molecule has 0 aliphatic carbocycles. The molecule has 0 aliphatic rings. The van der Waals surface area contributed by atoms with Gasteiger partial charge in [-0.3, -0.25) is 4.79 Å². The van der Waals surface area contributed by atoms with E-state index in [0.29, 0.717) is 40.5 Å². The minimum atomic E-state index is -0.356. The molecular weight excluding hydrogens is 526 g/mol. The van der Waals surface area contributed by atoms with Crippen molar-refractivity contribution in [2.75, 3.05) is 13.7 Å². The van der Waals surface area contributed by atoms with E-state index >= 15 is 0 Å². The van der Waals surface area contributed by atoms with E-state index in [1.54, 1.807) is 61.7 Å². The van der Waals surface area contributed by atoms with Gasteiger partial charge in [0.1, 0.15) is 18.2 Å². The summed E-state index contributed by atoms with van der Waals surface area (Å²) in [6.07, 6.45) is 1.50. The summed E-state index contributed by atoms with van der Waals surface area (Å²) in [7, 11) is 1.55. The molecule has 3 aromatic rings. The number of carbonyl (C=O) groups excluding carboxylic acids is 1. The fraction of sp³-hybridized carbons (Fsp3) is 0.167. The van der Waals surface area contributed by atoms with Gasteiger partial charge in [0.15, 0.2) is 11.5 Å². The Kier molecular flexibility index (Phi) is 8.43. The number of rotatable bonds is 9. The van der Waals surface area contributed by atoms with Gasteiger partial charge in [-0.1, -0.05) is 18.2 Å². The predicted molar refractivity (Wildman–Crippen MR) is 129 cm³/mol. The third kappa shape index (κ3) is 6.19. The molecule has 0 radical (unpaired) electrons. The van der Waals surface area contributed by atoms with Crippen LogP contribution in [-0.2, 0) is 6.61 Å². The molecule has 0 spiro atoms. The molecule has 0 atom stereocenters. The predicted octanol–water partition coefficient (Wildman–Crippen LogP) is 5.18. The van der Waals surface area contributed by atoms with E-state index in [0.717, 1.165) is 3.57 Å². The largest absolute Gasteiger partial charge is 0.496 e. The maximum Gasteiger partial charge on any atom is 0.271 e. The van der Waals surface area contributed by atoms with E-state index in [4.69, 9.17) is 14.2 Å². The molecule has 0 saturated heterocycles. The number of halogens is 2. The van der Waals surface area contributed by atoms with Crippen molar-refractivity contribution in [1.82, 2.24) is 5.43 Å². The van der Waals surface area contributed by atoms with Crippen LogP contribution < -0.4 is 19.6 Å². The number of amides is 1. The Morgan fingerprint density at radius 1 is 1.06 bits per heavy atom. The summed E-state index contributed by atoms with van der Waals surface area (Å²) >= 11 is 2.13. The quantitative estimate of drug-likeness (QED) is 0.227. The number of ether oxygens (including phenoxy) is 3. The Labute approximate surface area is 199 Å². The molecule has 3 rings (SSSR count). The van der Waals surface area contributed by atoms with Crippen LogP contribution in [0.5, 0.6) is 17.2 Å². The van der Waals surface area contributed by atoms with Crippen molar-refractivity contribution < 1.29 is 23.4 Å². The van der Waals surface area contributed by atoms with Gasteiger partial charge in [-0.05, 0) is 77.5 Å². The van der Waals surface area contributed by atoms with E-state index in [2.05, 4.69) is 33.1 Å². The number of hydrazone groups is 1. The molecule has 0 heterocycles. The van der Waals surface area contributed by atoms with Crippen molar-refractivity contribution in [1.29, 1.82) is 0 Å². The highest BCUT2D eigenvalue weighted by molar-refractivity contribution is 14.1. The fourth-order valence-corrected chi connectivity index (χ4v) is 3.35. The number of hydrogen-bond donors (Lipinski definition) is 1. The first-order valence-corrected chi connectivity index (χ1v) is 10.9. The summed E-state index contributed by atoms with van der Waals surface area (Å²) in [6, 6.07) is 16.8. The van der Waals surface area contributed by atoms with E-state index in [1.807, 2.05) is 6.92 Å². The number of hydrogen-bond acceptors (Lipinski definition) is 5. The van der Waals surface area contributed by atoms with Crippen LogP contribution in [0.2, 0.25) is 0 Å².